The highest BCUT2D eigenvalue weighted by molar-refractivity contribution is 5.69. The lowest BCUT2D eigenvalue weighted by Gasteiger charge is -2.15. The third-order valence-corrected chi connectivity index (χ3v) is 4.16. The number of aryl methyl sites for hydroxylation is 1. The maximum atomic E-state index is 12.7. The number of phenols is 2. The van der Waals surface area contributed by atoms with Gasteiger partial charge in [0.15, 0.2) is 0 Å². The van der Waals surface area contributed by atoms with Gasteiger partial charge in [-0.1, -0.05) is 12.1 Å². The highest BCUT2D eigenvalue weighted by Crippen LogP contribution is 2.36. The molecule has 28 heavy (non-hydrogen) atoms. The van der Waals surface area contributed by atoms with Crippen molar-refractivity contribution in [2.24, 2.45) is 0 Å². The molecule has 0 fully saturated rings. The molecule has 0 aliphatic carbocycles. The van der Waals surface area contributed by atoms with Crippen molar-refractivity contribution in [3.8, 4) is 22.8 Å². The van der Waals surface area contributed by atoms with Gasteiger partial charge < -0.3 is 15.5 Å². The van der Waals surface area contributed by atoms with Crippen molar-refractivity contribution in [2.75, 3.05) is 5.32 Å². The van der Waals surface area contributed by atoms with Crippen LogP contribution in [0.2, 0.25) is 0 Å². The van der Waals surface area contributed by atoms with Crippen molar-refractivity contribution in [3.63, 3.8) is 0 Å². The van der Waals surface area contributed by atoms with E-state index in [1.165, 1.54) is 0 Å². The van der Waals surface area contributed by atoms with Gasteiger partial charge in [-0.3, -0.25) is 0 Å². The molecule has 0 aliphatic rings. The SMILES string of the molecule is Cc1nc(NC(C)c2cccc(O)c2)nnc1-c1ccc(C(F)(F)F)cc1O. The Kier molecular flexibility index (Phi) is 5.08. The van der Waals surface area contributed by atoms with Crippen molar-refractivity contribution in [3.05, 3.63) is 59.3 Å². The predicted molar refractivity (Wildman–Crippen MR) is 96.8 cm³/mol. The van der Waals surface area contributed by atoms with Crippen molar-refractivity contribution in [2.45, 2.75) is 26.1 Å². The number of nitrogens with zero attached hydrogens (tertiary/aromatic N) is 3. The number of hydrogen-bond donors (Lipinski definition) is 3. The molecule has 0 saturated carbocycles. The number of rotatable bonds is 4. The van der Waals surface area contributed by atoms with Gasteiger partial charge in [0, 0.05) is 5.56 Å². The summed E-state index contributed by atoms with van der Waals surface area (Å²) in [5, 5.41) is 30.5. The van der Waals surface area contributed by atoms with E-state index < -0.39 is 17.5 Å². The molecule has 3 rings (SSSR count). The average molecular weight is 390 g/mol. The van der Waals surface area contributed by atoms with Gasteiger partial charge in [0.2, 0.25) is 5.95 Å². The topological polar surface area (TPSA) is 91.2 Å². The number of hydrogen-bond acceptors (Lipinski definition) is 6. The molecule has 0 saturated heterocycles. The van der Waals surface area contributed by atoms with Crippen LogP contribution in [0.3, 0.4) is 0 Å². The molecule has 0 aliphatic heterocycles. The lowest BCUT2D eigenvalue weighted by molar-refractivity contribution is -0.137. The molecule has 146 valence electrons. The molecule has 1 unspecified atom stereocenters. The Bertz CT molecular complexity index is 1010. The molecular weight excluding hydrogens is 373 g/mol. The largest absolute Gasteiger partial charge is 0.508 e. The molecule has 0 bridgehead atoms. The number of benzene rings is 2. The molecule has 6 nitrogen and oxygen atoms in total. The summed E-state index contributed by atoms with van der Waals surface area (Å²) < 4.78 is 38.2. The first-order valence-corrected chi connectivity index (χ1v) is 8.32. The highest BCUT2D eigenvalue weighted by Gasteiger charge is 2.31. The van der Waals surface area contributed by atoms with Crippen LogP contribution in [0.25, 0.3) is 11.3 Å². The van der Waals surface area contributed by atoms with Gasteiger partial charge in [0.25, 0.3) is 0 Å². The highest BCUT2D eigenvalue weighted by atomic mass is 19.4. The molecule has 1 aromatic heterocycles. The van der Waals surface area contributed by atoms with Gasteiger partial charge in [-0.15, -0.1) is 10.2 Å². The Morgan fingerprint density at radius 2 is 1.79 bits per heavy atom. The van der Waals surface area contributed by atoms with Gasteiger partial charge in [0.05, 0.1) is 17.3 Å². The molecule has 1 heterocycles. The van der Waals surface area contributed by atoms with Crippen molar-refractivity contribution in [1.29, 1.82) is 0 Å². The number of aromatic nitrogens is 3. The van der Waals surface area contributed by atoms with Crippen LogP contribution in [0, 0.1) is 6.92 Å². The maximum absolute atomic E-state index is 12.7. The van der Waals surface area contributed by atoms with Crippen LogP contribution >= 0.6 is 0 Å². The Balaban J connectivity index is 1.85. The normalized spacial score (nSPS) is 12.6. The van der Waals surface area contributed by atoms with Crippen LogP contribution < -0.4 is 5.32 Å². The third kappa shape index (κ3) is 4.13. The Morgan fingerprint density at radius 3 is 2.39 bits per heavy atom. The first kappa shape index (κ1) is 19.4. The molecule has 0 amide bonds. The minimum atomic E-state index is -4.55. The van der Waals surface area contributed by atoms with Crippen LogP contribution in [0.15, 0.2) is 42.5 Å². The second-order valence-corrected chi connectivity index (χ2v) is 6.26. The van der Waals surface area contributed by atoms with E-state index >= 15 is 0 Å². The fraction of sp³-hybridized carbons (Fsp3) is 0.211. The molecule has 2 aromatic carbocycles. The standard InChI is InChI=1S/C19H17F3N4O2/c1-10(12-4-3-5-14(27)8-12)23-18-24-11(2)17(25-26-18)15-7-6-13(9-16(15)28)19(20,21)22/h3-10,27-28H,1-2H3,(H,23,24,26). The van der Waals surface area contributed by atoms with Crippen LogP contribution in [0.5, 0.6) is 11.5 Å². The van der Waals surface area contributed by atoms with Crippen LogP contribution in [-0.2, 0) is 6.18 Å². The predicted octanol–water partition coefficient (Wildman–Crippen LogP) is 4.45. The number of anilines is 1. The van der Waals surface area contributed by atoms with E-state index in [0.29, 0.717) is 11.8 Å². The summed E-state index contributed by atoms with van der Waals surface area (Å²) in [5.41, 5.74) is 0.534. The minimum absolute atomic E-state index is 0.109. The van der Waals surface area contributed by atoms with Gasteiger partial charge in [0.1, 0.15) is 17.2 Å². The summed E-state index contributed by atoms with van der Waals surface area (Å²) in [6, 6.07) is 9.13. The lowest BCUT2D eigenvalue weighted by Crippen LogP contribution is -2.11. The number of phenolic OH excluding ortho intramolecular Hbond substituents is 2. The summed E-state index contributed by atoms with van der Waals surface area (Å²) in [7, 11) is 0. The summed E-state index contributed by atoms with van der Waals surface area (Å²) in [4.78, 5) is 4.27. The second kappa shape index (κ2) is 7.34. The third-order valence-electron chi connectivity index (χ3n) is 4.16. The second-order valence-electron chi connectivity index (χ2n) is 6.26. The number of nitrogens with one attached hydrogen (secondary N) is 1. The average Bonchev–Trinajstić information content (AvgIpc) is 2.61. The first-order valence-electron chi connectivity index (χ1n) is 8.32. The van der Waals surface area contributed by atoms with E-state index in [-0.39, 0.29) is 29.0 Å². The van der Waals surface area contributed by atoms with Crippen LogP contribution in [-0.4, -0.2) is 25.4 Å². The van der Waals surface area contributed by atoms with E-state index in [9.17, 15) is 23.4 Å². The summed E-state index contributed by atoms with van der Waals surface area (Å²) in [6.45, 7) is 3.47. The molecule has 9 heteroatoms. The van der Waals surface area contributed by atoms with Gasteiger partial charge >= 0.3 is 6.18 Å². The summed E-state index contributed by atoms with van der Waals surface area (Å²) >= 11 is 0. The fourth-order valence-corrected chi connectivity index (χ4v) is 2.69. The van der Waals surface area contributed by atoms with Gasteiger partial charge in [-0.2, -0.15) is 13.2 Å². The quantitative estimate of drug-likeness (QED) is 0.610. The minimum Gasteiger partial charge on any atom is -0.508 e. The summed E-state index contributed by atoms with van der Waals surface area (Å²) in [5.74, 6) is -0.208. The van der Waals surface area contributed by atoms with E-state index in [1.807, 2.05) is 13.0 Å². The zero-order chi connectivity index (χ0) is 20.5. The van der Waals surface area contributed by atoms with Gasteiger partial charge in [-0.05, 0) is 49.7 Å². The molecular formula is C19H17F3N4O2. The number of aromatic hydroxyl groups is 2. The van der Waals surface area contributed by atoms with Crippen molar-refractivity contribution in [1.82, 2.24) is 15.2 Å². The van der Waals surface area contributed by atoms with Crippen LogP contribution in [0.4, 0.5) is 19.1 Å². The molecule has 0 spiro atoms. The molecule has 1 atom stereocenters. The smallest absolute Gasteiger partial charge is 0.416 e. The summed E-state index contributed by atoms with van der Waals surface area (Å²) in [6.07, 6.45) is -4.55. The zero-order valence-corrected chi connectivity index (χ0v) is 15.0. The Labute approximate surface area is 158 Å². The maximum Gasteiger partial charge on any atom is 0.416 e. The molecule has 3 aromatic rings. The van der Waals surface area contributed by atoms with Crippen LogP contribution in [0.1, 0.15) is 29.8 Å². The number of halogens is 3. The van der Waals surface area contributed by atoms with Gasteiger partial charge in [-0.25, -0.2) is 4.98 Å². The fourth-order valence-electron chi connectivity index (χ4n) is 2.69. The van der Waals surface area contributed by atoms with E-state index in [2.05, 4.69) is 20.5 Å². The lowest BCUT2D eigenvalue weighted by atomic mass is 10.1. The Morgan fingerprint density at radius 1 is 1.04 bits per heavy atom. The van der Waals surface area contributed by atoms with Crippen molar-refractivity contribution < 1.29 is 23.4 Å². The first-order chi connectivity index (χ1) is 13.1. The zero-order valence-electron chi connectivity index (χ0n) is 15.0. The van der Waals surface area contributed by atoms with E-state index in [1.54, 1.807) is 25.1 Å². The van der Waals surface area contributed by atoms with Crippen molar-refractivity contribution >= 4 is 5.95 Å². The van der Waals surface area contributed by atoms with E-state index in [0.717, 1.165) is 17.7 Å². The Hall–Kier alpha value is -3.36. The monoisotopic (exact) mass is 390 g/mol. The molecule has 3 N–H and O–H groups in total. The molecule has 0 radical (unpaired) electrons. The van der Waals surface area contributed by atoms with E-state index in [4.69, 9.17) is 0 Å². The number of alkyl halides is 3.